The van der Waals surface area contributed by atoms with E-state index in [1.54, 1.807) is 23.4 Å². The van der Waals surface area contributed by atoms with Crippen LogP contribution in [0.15, 0.2) is 73.1 Å². The molecule has 5 rings (SSSR count). The summed E-state index contributed by atoms with van der Waals surface area (Å²) >= 11 is 1.36. The van der Waals surface area contributed by atoms with E-state index in [-0.39, 0.29) is 11.8 Å². The molecular weight excluding hydrogens is 715 g/mol. The first-order valence-electron chi connectivity index (χ1n) is 19.3. The summed E-state index contributed by atoms with van der Waals surface area (Å²) in [7, 11) is 0. The van der Waals surface area contributed by atoms with Crippen LogP contribution in [0.5, 0.6) is 5.75 Å². The lowest BCUT2D eigenvalue weighted by Crippen LogP contribution is -2.55. The number of aliphatic carboxylic acids is 1. The third-order valence-electron chi connectivity index (χ3n) is 9.61. The van der Waals surface area contributed by atoms with Gasteiger partial charge in [0.05, 0.1) is 17.9 Å². The number of amides is 3. The lowest BCUT2D eigenvalue weighted by atomic mass is 9.95. The average Bonchev–Trinajstić information content (AvgIpc) is 3.90. The zero-order valence-corrected chi connectivity index (χ0v) is 33.1. The Kier molecular flexibility index (Phi) is 14.5. The number of hydrogen-bond acceptors (Lipinski definition) is 8. The highest BCUT2D eigenvalue weighted by molar-refractivity contribution is 7.14. The molecule has 0 unspecified atom stereocenters. The predicted octanol–water partition coefficient (Wildman–Crippen LogP) is 7.44. The summed E-state index contributed by atoms with van der Waals surface area (Å²) in [6.45, 7) is 10.1. The Morgan fingerprint density at radius 1 is 0.818 bits per heavy atom. The minimum Gasteiger partial charge on any atom is -0.494 e. The van der Waals surface area contributed by atoms with Gasteiger partial charge < -0.3 is 25.4 Å². The number of carbonyl (C=O) groups is 4. The molecule has 292 valence electrons. The van der Waals surface area contributed by atoms with E-state index in [9.17, 15) is 24.3 Å². The smallest absolute Gasteiger partial charge is 0.305 e. The molecule has 1 aliphatic heterocycles. The van der Waals surface area contributed by atoms with Gasteiger partial charge in [-0.15, -0.1) is 11.3 Å². The number of hydrogen-bond donors (Lipinski definition) is 3. The molecule has 0 spiro atoms. The van der Waals surface area contributed by atoms with Crippen LogP contribution in [0.25, 0.3) is 22.5 Å². The summed E-state index contributed by atoms with van der Waals surface area (Å²) in [5.74, 6) is -1.32. The van der Waals surface area contributed by atoms with E-state index >= 15 is 0 Å². The molecule has 12 heteroatoms. The molecule has 2 aromatic heterocycles. The van der Waals surface area contributed by atoms with Gasteiger partial charge in [0.2, 0.25) is 11.8 Å². The zero-order valence-electron chi connectivity index (χ0n) is 32.3. The maximum absolute atomic E-state index is 13.8. The van der Waals surface area contributed by atoms with Crippen molar-refractivity contribution < 1.29 is 29.0 Å². The fourth-order valence-corrected chi connectivity index (χ4v) is 7.36. The van der Waals surface area contributed by atoms with Crippen LogP contribution in [0.2, 0.25) is 0 Å². The van der Waals surface area contributed by atoms with Crippen molar-refractivity contribution in [3.05, 3.63) is 88.4 Å². The maximum atomic E-state index is 13.8. The Morgan fingerprint density at radius 2 is 1.47 bits per heavy atom. The second-order valence-electron chi connectivity index (χ2n) is 15.1. The van der Waals surface area contributed by atoms with Gasteiger partial charge in [-0.3, -0.25) is 19.2 Å². The van der Waals surface area contributed by atoms with Crippen molar-refractivity contribution >= 4 is 35.0 Å². The molecule has 1 fully saturated rings. The van der Waals surface area contributed by atoms with E-state index < -0.39 is 42.2 Å². The molecule has 1 saturated heterocycles. The van der Waals surface area contributed by atoms with E-state index in [1.807, 2.05) is 54.6 Å². The SMILES string of the molecule is CCCCCCCOc1ccc(-c2cnc(-c3ccc(C[C@H](NC(=O)c4ccc(C(C)(C)C)s4)C(=O)N[C@@H](CC(=O)O)C(=O)N4CCCC4)cc3)nc2)cc1. The number of thiophene rings is 1. The van der Waals surface area contributed by atoms with E-state index in [1.165, 1.54) is 37.0 Å². The van der Waals surface area contributed by atoms with Gasteiger partial charge in [-0.2, -0.15) is 0 Å². The van der Waals surface area contributed by atoms with Crippen molar-refractivity contribution in [2.45, 2.75) is 103 Å². The number of likely N-dealkylation sites (tertiary alicyclic amines) is 1. The summed E-state index contributed by atoms with van der Waals surface area (Å²) in [5, 5.41) is 15.1. The van der Waals surface area contributed by atoms with E-state index in [4.69, 9.17) is 4.74 Å². The molecule has 55 heavy (non-hydrogen) atoms. The fraction of sp³-hybridized carbons (Fsp3) is 0.442. The summed E-state index contributed by atoms with van der Waals surface area (Å²) in [6.07, 6.45) is 10.7. The van der Waals surface area contributed by atoms with Crippen molar-refractivity contribution in [3.63, 3.8) is 0 Å². The number of rotatable bonds is 18. The largest absolute Gasteiger partial charge is 0.494 e. The van der Waals surface area contributed by atoms with Crippen molar-refractivity contribution in [1.29, 1.82) is 0 Å². The van der Waals surface area contributed by atoms with Gasteiger partial charge >= 0.3 is 5.97 Å². The van der Waals surface area contributed by atoms with Crippen LogP contribution < -0.4 is 15.4 Å². The number of carboxylic acid groups (broad SMARTS) is 1. The van der Waals surface area contributed by atoms with Gasteiger partial charge in [0.1, 0.15) is 17.8 Å². The predicted molar refractivity (Wildman–Crippen MR) is 215 cm³/mol. The number of benzene rings is 2. The fourth-order valence-electron chi connectivity index (χ4n) is 6.40. The van der Waals surface area contributed by atoms with Crippen molar-refractivity contribution in [2.75, 3.05) is 19.7 Å². The first-order chi connectivity index (χ1) is 26.4. The normalized spacial score (nSPS) is 13.9. The summed E-state index contributed by atoms with van der Waals surface area (Å²) in [4.78, 5) is 64.5. The van der Waals surface area contributed by atoms with Crippen LogP contribution in [0.3, 0.4) is 0 Å². The highest BCUT2D eigenvalue weighted by Crippen LogP contribution is 2.30. The standard InChI is InChI=1S/C43H53N5O6S/c1-5-6-7-8-11-24-54-33-18-16-30(17-19-33)32-27-44-39(45-28-32)31-14-12-29(13-15-31)25-34(46-41(52)36-20-21-37(55-36)43(2,3)4)40(51)47-35(26-38(49)50)42(53)48-22-9-10-23-48/h12-21,27-28,34-35H,5-11,22-26H2,1-4H3,(H,46,52)(H,47,51)(H,49,50)/t34-,35-/m0/s1. The Hall–Kier alpha value is -5.10. The molecule has 4 aromatic rings. The molecule has 0 saturated carbocycles. The van der Waals surface area contributed by atoms with Crippen LogP contribution >= 0.6 is 11.3 Å². The number of ether oxygens (including phenoxy) is 1. The Morgan fingerprint density at radius 3 is 2.09 bits per heavy atom. The summed E-state index contributed by atoms with van der Waals surface area (Å²) in [6, 6.07) is 16.6. The highest BCUT2D eigenvalue weighted by Gasteiger charge is 2.33. The van der Waals surface area contributed by atoms with Gasteiger partial charge in [-0.05, 0) is 60.1 Å². The second kappa shape index (κ2) is 19.5. The summed E-state index contributed by atoms with van der Waals surface area (Å²) in [5.41, 5.74) is 3.22. The zero-order chi connectivity index (χ0) is 39.4. The van der Waals surface area contributed by atoms with Gasteiger partial charge in [0, 0.05) is 47.9 Å². The number of carboxylic acids is 1. The number of aromatic nitrogens is 2. The molecule has 2 atom stereocenters. The van der Waals surface area contributed by atoms with Gasteiger partial charge in [-0.1, -0.05) is 89.8 Å². The van der Waals surface area contributed by atoms with Gasteiger partial charge in [-0.25, -0.2) is 9.97 Å². The minimum atomic E-state index is -1.25. The van der Waals surface area contributed by atoms with Crippen LogP contribution in [0.4, 0.5) is 0 Å². The van der Waals surface area contributed by atoms with Gasteiger partial charge in [0.25, 0.3) is 5.91 Å². The molecule has 2 aromatic carbocycles. The van der Waals surface area contributed by atoms with E-state index in [0.717, 1.165) is 52.1 Å². The quantitative estimate of drug-likeness (QED) is 0.0885. The van der Waals surface area contributed by atoms with E-state index in [2.05, 4.69) is 48.3 Å². The molecule has 3 heterocycles. The second-order valence-corrected chi connectivity index (χ2v) is 16.2. The molecule has 11 nitrogen and oxygen atoms in total. The monoisotopic (exact) mass is 767 g/mol. The third kappa shape index (κ3) is 11.9. The Balaban J connectivity index is 1.27. The van der Waals surface area contributed by atoms with Crippen molar-refractivity contribution in [3.8, 4) is 28.3 Å². The molecule has 0 radical (unpaired) electrons. The first kappa shape index (κ1) is 41.1. The molecule has 0 bridgehead atoms. The first-order valence-corrected chi connectivity index (χ1v) is 20.1. The number of carbonyl (C=O) groups excluding carboxylic acids is 3. The van der Waals surface area contributed by atoms with Gasteiger partial charge in [0.15, 0.2) is 5.82 Å². The topological polar surface area (TPSA) is 151 Å². The lowest BCUT2D eigenvalue weighted by molar-refractivity contribution is -0.143. The molecule has 0 aliphatic carbocycles. The van der Waals surface area contributed by atoms with Crippen LogP contribution in [0, 0.1) is 0 Å². The molecular formula is C43H53N5O6S. The minimum absolute atomic E-state index is 0.103. The summed E-state index contributed by atoms with van der Waals surface area (Å²) < 4.78 is 5.90. The molecule has 1 aliphatic rings. The molecule has 3 N–H and O–H groups in total. The lowest BCUT2D eigenvalue weighted by Gasteiger charge is -2.25. The van der Waals surface area contributed by atoms with Crippen molar-refractivity contribution in [1.82, 2.24) is 25.5 Å². The number of unbranched alkanes of at least 4 members (excludes halogenated alkanes) is 4. The van der Waals surface area contributed by atoms with Crippen LogP contribution in [-0.2, 0) is 26.2 Å². The van der Waals surface area contributed by atoms with Crippen molar-refractivity contribution in [2.24, 2.45) is 0 Å². The third-order valence-corrected chi connectivity index (χ3v) is 11.1. The average molecular weight is 768 g/mol. The number of nitrogens with zero attached hydrogens (tertiary/aromatic N) is 3. The Bertz CT molecular complexity index is 1880. The van der Waals surface area contributed by atoms with E-state index in [0.29, 0.717) is 30.4 Å². The Labute approximate surface area is 327 Å². The highest BCUT2D eigenvalue weighted by atomic mass is 32.1. The molecule has 3 amide bonds. The number of nitrogens with one attached hydrogen (secondary N) is 2. The van der Waals surface area contributed by atoms with Crippen LogP contribution in [0.1, 0.15) is 99.2 Å². The maximum Gasteiger partial charge on any atom is 0.305 e. The van der Waals surface area contributed by atoms with Crippen LogP contribution in [-0.4, -0.2) is 75.4 Å².